The van der Waals surface area contributed by atoms with Crippen LogP contribution in [0.1, 0.15) is 22.6 Å². The Morgan fingerprint density at radius 2 is 1.20 bits per heavy atom. The zero-order chi connectivity index (χ0) is 25.6. The fourth-order valence-corrected chi connectivity index (χ4v) is 5.65. The highest BCUT2D eigenvalue weighted by molar-refractivity contribution is 7.98. The lowest BCUT2D eigenvalue weighted by Gasteiger charge is -2.06. The summed E-state index contributed by atoms with van der Waals surface area (Å²) in [5, 5.41) is 0. The predicted octanol–water partition coefficient (Wildman–Crippen LogP) is 3.02. The smallest absolute Gasteiger partial charge is 0.324 e. The molecule has 2 aromatic heterocycles. The maximum atomic E-state index is 12.0. The summed E-state index contributed by atoms with van der Waals surface area (Å²) in [5.41, 5.74) is 2.24. The molecule has 10 nitrogen and oxygen atoms in total. The van der Waals surface area contributed by atoms with Crippen molar-refractivity contribution in [3.8, 4) is 0 Å². The van der Waals surface area contributed by atoms with Crippen molar-refractivity contribution in [1.29, 1.82) is 0 Å². The Bertz CT molecular complexity index is 1080. The third kappa shape index (κ3) is 7.87. The molecular formula is C22H34N6O4S3. The predicted molar refractivity (Wildman–Crippen MR) is 148 cm³/mol. The number of furan rings is 2. The van der Waals surface area contributed by atoms with E-state index in [2.05, 4.69) is 19.4 Å². The molecular weight excluding hydrogens is 508 g/mol. The second-order valence-corrected chi connectivity index (χ2v) is 12.1. The Labute approximate surface area is 216 Å². The van der Waals surface area contributed by atoms with Crippen LogP contribution < -0.4 is 19.2 Å². The molecule has 1 aliphatic rings. The SMILES string of the molecule is Cc1cc(N(C)C)oc1CSCCN=C1NS(=O)(=O)NC1=NCCSCc1oc(N(C)C)cc1C. The van der Waals surface area contributed by atoms with E-state index in [1.165, 1.54) is 0 Å². The fourth-order valence-electron chi connectivity index (χ4n) is 3.10. The number of thioether (sulfide) groups is 2. The summed E-state index contributed by atoms with van der Waals surface area (Å²) in [6.45, 7) is 4.99. The molecule has 2 N–H and O–H groups in total. The summed E-state index contributed by atoms with van der Waals surface area (Å²) in [4.78, 5) is 12.7. The van der Waals surface area contributed by atoms with Crippen molar-refractivity contribution in [1.82, 2.24) is 9.44 Å². The van der Waals surface area contributed by atoms with Gasteiger partial charge in [-0.1, -0.05) is 0 Å². The molecule has 1 fully saturated rings. The van der Waals surface area contributed by atoms with Crippen LogP contribution in [0.15, 0.2) is 31.0 Å². The molecule has 0 unspecified atom stereocenters. The van der Waals surface area contributed by atoms with Crippen LogP contribution >= 0.6 is 23.5 Å². The summed E-state index contributed by atoms with van der Waals surface area (Å²) in [5.74, 6) is 6.99. The minimum absolute atomic E-state index is 0.261. The number of hydrogen-bond acceptors (Lipinski definition) is 10. The maximum Gasteiger partial charge on any atom is 0.324 e. The number of nitrogens with one attached hydrogen (secondary N) is 2. The van der Waals surface area contributed by atoms with Crippen LogP contribution in [0.5, 0.6) is 0 Å². The molecule has 0 amide bonds. The second kappa shape index (κ2) is 12.1. The van der Waals surface area contributed by atoms with Gasteiger partial charge in [0.1, 0.15) is 11.5 Å². The summed E-state index contributed by atoms with van der Waals surface area (Å²) in [7, 11) is 4.13. The zero-order valence-electron chi connectivity index (χ0n) is 21.0. The molecule has 0 saturated carbocycles. The monoisotopic (exact) mass is 542 g/mol. The zero-order valence-corrected chi connectivity index (χ0v) is 23.5. The first-order chi connectivity index (χ1) is 16.6. The number of hydrogen-bond donors (Lipinski definition) is 2. The topological polar surface area (TPSA) is 116 Å². The summed E-state index contributed by atoms with van der Waals surface area (Å²) in [6, 6.07) is 4.04. The van der Waals surface area contributed by atoms with E-state index in [-0.39, 0.29) is 11.7 Å². The molecule has 1 aliphatic heterocycles. The summed E-state index contributed by atoms with van der Waals surface area (Å²) >= 11 is 3.37. The highest BCUT2D eigenvalue weighted by atomic mass is 32.2. The van der Waals surface area contributed by atoms with Crippen LogP contribution in [0.4, 0.5) is 11.8 Å². The molecule has 0 aliphatic carbocycles. The lowest BCUT2D eigenvalue weighted by molar-refractivity contribution is 0.527. The van der Waals surface area contributed by atoms with Gasteiger partial charge in [0.25, 0.3) is 0 Å². The van der Waals surface area contributed by atoms with Gasteiger partial charge in [0.2, 0.25) is 0 Å². The van der Waals surface area contributed by atoms with Crippen molar-refractivity contribution in [3.63, 3.8) is 0 Å². The molecule has 2 aromatic rings. The molecule has 0 bridgehead atoms. The van der Waals surface area contributed by atoms with Crippen molar-refractivity contribution in [2.24, 2.45) is 9.98 Å². The number of nitrogens with zero attached hydrogens (tertiary/aromatic N) is 4. The molecule has 0 spiro atoms. The summed E-state index contributed by atoms with van der Waals surface area (Å²) in [6.07, 6.45) is 0. The van der Waals surface area contributed by atoms with Gasteiger partial charge in [0.15, 0.2) is 23.4 Å². The average molecular weight is 543 g/mol. The highest BCUT2D eigenvalue weighted by Crippen LogP contribution is 2.26. The largest absolute Gasteiger partial charge is 0.444 e. The van der Waals surface area contributed by atoms with Gasteiger partial charge in [-0.25, -0.2) is 9.44 Å². The Morgan fingerprint density at radius 1 is 0.800 bits per heavy atom. The Balaban J connectivity index is 1.46. The second-order valence-electron chi connectivity index (χ2n) is 8.44. The van der Waals surface area contributed by atoms with E-state index in [9.17, 15) is 8.42 Å². The van der Waals surface area contributed by atoms with Crippen LogP contribution in [-0.4, -0.2) is 72.9 Å². The van der Waals surface area contributed by atoms with E-state index in [1.807, 2.05) is 64.0 Å². The van der Waals surface area contributed by atoms with Gasteiger partial charge in [0.05, 0.1) is 24.6 Å². The van der Waals surface area contributed by atoms with E-state index < -0.39 is 10.2 Å². The molecule has 3 heterocycles. The van der Waals surface area contributed by atoms with Gasteiger partial charge in [0, 0.05) is 51.8 Å². The van der Waals surface area contributed by atoms with Crippen molar-refractivity contribution in [2.45, 2.75) is 25.4 Å². The minimum atomic E-state index is -3.65. The van der Waals surface area contributed by atoms with Gasteiger partial charge in [-0.05, 0) is 25.0 Å². The first-order valence-electron chi connectivity index (χ1n) is 11.1. The van der Waals surface area contributed by atoms with Gasteiger partial charge in [-0.2, -0.15) is 31.9 Å². The molecule has 3 rings (SSSR count). The number of aliphatic imine (C=N–C) groups is 2. The standard InChI is InChI=1S/C22H34N6O4S3/c1-15-11-19(27(3)4)31-17(15)13-33-9-7-23-21-22(26-35(29,30)25-21)24-8-10-34-14-18-16(2)12-20(32-18)28(5)6/h11-12H,7-10,13-14H2,1-6H3,(H,23,25)(H,24,26). The number of amidine groups is 2. The molecule has 35 heavy (non-hydrogen) atoms. The maximum absolute atomic E-state index is 12.0. The Hall–Kier alpha value is -2.25. The molecule has 0 aromatic carbocycles. The summed E-state index contributed by atoms with van der Waals surface area (Å²) < 4.78 is 40.5. The Kier molecular flexibility index (Phi) is 9.47. The van der Waals surface area contributed by atoms with Crippen LogP contribution in [0.3, 0.4) is 0 Å². The third-order valence-electron chi connectivity index (χ3n) is 5.06. The van der Waals surface area contributed by atoms with Gasteiger partial charge in [-0.15, -0.1) is 0 Å². The van der Waals surface area contributed by atoms with Crippen LogP contribution in [-0.2, 0) is 21.7 Å². The van der Waals surface area contributed by atoms with E-state index in [0.717, 1.165) is 57.4 Å². The fraction of sp³-hybridized carbons (Fsp3) is 0.545. The van der Waals surface area contributed by atoms with Crippen LogP contribution in [0, 0.1) is 13.8 Å². The molecule has 13 heteroatoms. The molecule has 1 saturated heterocycles. The van der Waals surface area contributed by atoms with Gasteiger partial charge >= 0.3 is 10.2 Å². The van der Waals surface area contributed by atoms with Gasteiger partial charge in [-0.3, -0.25) is 9.98 Å². The van der Waals surface area contributed by atoms with Crippen LogP contribution in [0.25, 0.3) is 0 Å². The quantitative estimate of drug-likeness (QED) is 0.393. The minimum Gasteiger partial charge on any atom is -0.444 e. The van der Waals surface area contributed by atoms with E-state index in [1.54, 1.807) is 23.5 Å². The van der Waals surface area contributed by atoms with E-state index in [4.69, 9.17) is 8.83 Å². The van der Waals surface area contributed by atoms with Crippen LogP contribution in [0.2, 0.25) is 0 Å². The highest BCUT2D eigenvalue weighted by Gasteiger charge is 2.28. The lowest BCUT2D eigenvalue weighted by atomic mass is 10.3. The van der Waals surface area contributed by atoms with Crippen molar-refractivity contribution in [2.75, 3.05) is 62.6 Å². The number of rotatable bonds is 12. The first kappa shape index (κ1) is 27.3. The Morgan fingerprint density at radius 3 is 1.54 bits per heavy atom. The van der Waals surface area contributed by atoms with E-state index in [0.29, 0.717) is 13.1 Å². The molecule has 0 atom stereocenters. The molecule has 194 valence electrons. The number of aryl methyl sites for hydroxylation is 2. The van der Waals surface area contributed by atoms with Gasteiger partial charge < -0.3 is 18.6 Å². The first-order valence-corrected chi connectivity index (χ1v) is 14.9. The number of anilines is 2. The molecule has 0 radical (unpaired) electrons. The average Bonchev–Trinajstić information content (AvgIpc) is 3.42. The van der Waals surface area contributed by atoms with Crippen molar-refractivity contribution in [3.05, 3.63) is 34.8 Å². The third-order valence-corrected chi connectivity index (χ3v) is 7.86. The van der Waals surface area contributed by atoms with Crippen molar-refractivity contribution < 1.29 is 17.3 Å². The lowest BCUT2D eigenvalue weighted by Crippen LogP contribution is -2.24. The van der Waals surface area contributed by atoms with E-state index >= 15 is 0 Å². The van der Waals surface area contributed by atoms with Crippen molar-refractivity contribution >= 4 is 57.2 Å². The normalized spacial score (nSPS) is 17.1.